The van der Waals surface area contributed by atoms with Gasteiger partial charge in [-0.3, -0.25) is 4.98 Å². The summed E-state index contributed by atoms with van der Waals surface area (Å²) >= 11 is 6.13. The normalized spacial score (nSPS) is 11.8. The highest BCUT2D eigenvalue weighted by atomic mass is 35.5. The summed E-state index contributed by atoms with van der Waals surface area (Å²) < 4.78 is 29.3. The molecule has 0 fully saturated rings. The third-order valence-corrected chi connectivity index (χ3v) is 4.77. The van der Waals surface area contributed by atoms with Crippen molar-refractivity contribution in [3.63, 3.8) is 0 Å². The number of alkyl halides is 2. The number of fused-ring (bicyclic) bond motifs is 1. The summed E-state index contributed by atoms with van der Waals surface area (Å²) in [5.74, 6) is 0.122. The van der Waals surface area contributed by atoms with Gasteiger partial charge >= 0.3 is 6.61 Å². The number of ether oxygens (including phenoxy) is 1. The second-order valence-corrected chi connectivity index (χ2v) is 8.50. The minimum atomic E-state index is -2.85. The minimum Gasteiger partial charge on any atom is -0.435 e. The Hall–Kier alpha value is -2.44. The number of benzene rings is 2. The molecule has 2 aromatic carbocycles. The van der Waals surface area contributed by atoms with Crippen molar-refractivity contribution in [3.8, 4) is 16.9 Å². The number of halogens is 3. The molecule has 7 heteroatoms. The van der Waals surface area contributed by atoms with Crippen LogP contribution in [0.4, 0.5) is 14.5 Å². The van der Waals surface area contributed by atoms with Crippen LogP contribution in [-0.4, -0.2) is 30.2 Å². The van der Waals surface area contributed by atoms with Gasteiger partial charge in [-0.05, 0) is 69.6 Å². The first-order valence-electron chi connectivity index (χ1n) is 9.85. The number of hydrogen-bond donors (Lipinski definition) is 2. The summed E-state index contributed by atoms with van der Waals surface area (Å²) in [7, 11) is 0. The summed E-state index contributed by atoms with van der Waals surface area (Å²) in [6.45, 7) is 5.23. The van der Waals surface area contributed by atoms with E-state index in [1.165, 1.54) is 12.1 Å². The number of hydrogen-bond acceptors (Lipinski definition) is 4. The van der Waals surface area contributed by atoms with Crippen LogP contribution in [0.1, 0.15) is 27.2 Å². The van der Waals surface area contributed by atoms with E-state index in [4.69, 9.17) is 11.6 Å². The van der Waals surface area contributed by atoms with Crippen LogP contribution in [-0.2, 0) is 0 Å². The van der Waals surface area contributed by atoms with Crippen molar-refractivity contribution < 1.29 is 13.5 Å². The van der Waals surface area contributed by atoms with Gasteiger partial charge in [-0.1, -0.05) is 23.7 Å². The van der Waals surface area contributed by atoms with Gasteiger partial charge in [0, 0.05) is 34.3 Å². The van der Waals surface area contributed by atoms with Gasteiger partial charge in [0.05, 0.1) is 11.2 Å². The Morgan fingerprint density at radius 2 is 1.80 bits per heavy atom. The van der Waals surface area contributed by atoms with Crippen LogP contribution >= 0.6 is 11.6 Å². The zero-order chi connectivity index (χ0) is 21.7. The van der Waals surface area contributed by atoms with E-state index in [1.54, 1.807) is 18.3 Å². The summed E-state index contributed by atoms with van der Waals surface area (Å²) in [5.41, 5.74) is 3.55. The lowest BCUT2D eigenvalue weighted by molar-refractivity contribution is -0.0498. The predicted octanol–water partition coefficient (Wildman–Crippen LogP) is 6.35. The lowest BCUT2D eigenvalue weighted by Gasteiger charge is -2.21. The Morgan fingerprint density at radius 1 is 1.07 bits per heavy atom. The van der Waals surface area contributed by atoms with E-state index < -0.39 is 6.61 Å². The van der Waals surface area contributed by atoms with E-state index >= 15 is 0 Å². The minimum absolute atomic E-state index is 0.0767. The van der Waals surface area contributed by atoms with Crippen molar-refractivity contribution in [1.82, 2.24) is 10.3 Å². The van der Waals surface area contributed by atoms with Gasteiger partial charge < -0.3 is 15.4 Å². The number of nitrogens with zero attached hydrogens (tertiary/aromatic N) is 1. The molecule has 0 unspecified atom stereocenters. The Balaban J connectivity index is 1.87. The van der Waals surface area contributed by atoms with Crippen LogP contribution in [0, 0.1) is 0 Å². The van der Waals surface area contributed by atoms with Crippen LogP contribution in [0.5, 0.6) is 5.75 Å². The molecule has 0 radical (unpaired) electrons. The number of pyridine rings is 1. The van der Waals surface area contributed by atoms with Crippen LogP contribution < -0.4 is 15.4 Å². The average Bonchev–Trinajstić information content (AvgIpc) is 2.67. The van der Waals surface area contributed by atoms with Gasteiger partial charge in [0.15, 0.2) is 0 Å². The zero-order valence-corrected chi connectivity index (χ0v) is 18.1. The summed E-state index contributed by atoms with van der Waals surface area (Å²) in [6, 6.07) is 12.2. The number of nitrogens with one attached hydrogen (secondary N) is 2. The Labute approximate surface area is 180 Å². The van der Waals surface area contributed by atoms with Crippen LogP contribution in [0.2, 0.25) is 5.02 Å². The van der Waals surface area contributed by atoms with Crippen molar-refractivity contribution in [2.45, 2.75) is 39.3 Å². The fourth-order valence-corrected chi connectivity index (χ4v) is 3.32. The highest BCUT2D eigenvalue weighted by molar-refractivity contribution is 6.31. The van der Waals surface area contributed by atoms with Crippen molar-refractivity contribution in [1.29, 1.82) is 0 Å². The molecule has 0 aliphatic carbocycles. The molecule has 2 N–H and O–H groups in total. The first kappa shape index (κ1) is 22.2. The van der Waals surface area contributed by atoms with Gasteiger partial charge in [0.2, 0.25) is 0 Å². The fourth-order valence-electron chi connectivity index (χ4n) is 3.16. The first-order chi connectivity index (χ1) is 14.2. The first-order valence-corrected chi connectivity index (χ1v) is 10.2. The second-order valence-electron chi connectivity index (χ2n) is 8.07. The van der Waals surface area contributed by atoms with Crippen molar-refractivity contribution in [2.24, 2.45) is 0 Å². The predicted molar refractivity (Wildman–Crippen MR) is 120 cm³/mol. The number of aromatic nitrogens is 1. The van der Waals surface area contributed by atoms with Gasteiger partial charge in [0.1, 0.15) is 5.75 Å². The molecule has 0 bridgehead atoms. The van der Waals surface area contributed by atoms with Gasteiger partial charge in [-0.25, -0.2) is 0 Å². The maximum atomic E-state index is 12.4. The molecule has 1 aromatic heterocycles. The maximum Gasteiger partial charge on any atom is 0.387 e. The zero-order valence-electron chi connectivity index (χ0n) is 17.3. The molecule has 0 saturated carbocycles. The van der Waals surface area contributed by atoms with Crippen LogP contribution in [0.3, 0.4) is 0 Å². The quantitative estimate of drug-likeness (QED) is 0.406. The second kappa shape index (κ2) is 9.58. The molecular formula is C23H26ClF2N3O. The van der Waals surface area contributed by atoms with Crippen LogP contribution in [0.25, 0.3) is 22.0 Å². The highest BCUT2D eigenvalue weighted by Crippen LogP contribution is 2.35. The standard InChI is InChI=1S/C23H26ClF2N3O/c1-23(2,3)29-12-4-11-27-21-18-10-7-16(24)13-20(18)28-14-19(21)15-5-8-17(9-6-15)30-22(25)26/h5-10,13-14,22,29H,4,11-12H2,1-3H3,(H,27,28). The molecule has 3 aromatic rings. The highest BCUT2D eigenvalue weighted by Gasteiger charge is 2.13. The monoisotopic (exact) mass is 433 g/mol. The smallest absolute Gasteiger partial charge is 0.387 e. The third kappa shape index (κ3) is 6.03. The summed E-state index contributed by atoms with van der Waals surface area (Å²) in [4.78, 5) is 4.54. The molecule has 4 nitrogen and oxygen atoms in total. The van der Waals surface area contributed by atoms with Gasteiger partial charge in [0.25, 0.3) is 0 Å². The topological polar surface area (TPSA) is 46.2 Å². The van der Waals surface area contributed by atoms with E-state index in [0.29, 0.717) is 5.02 Å². The van der Waals surface area contributed by atoms with E-state index in [2.05, 4.69) is 41.1 Å². The molecule has 3 rings (SSSR count). The Morgan fingerprint density at radius 3 is 2.47 bits per heavy atom. The van der Waals surface area contributed by atoms with Crippen molar-refractivity contribution >= 4 is 28.2 Å². The Bertz CT molecular complexity index is 988. The molecular weight excluding hydrogens is 408 g/mol. The molecule has 0 saturated heterocycles. The number of rotatable bonds is 8. The SMILES string of the molecule is CC(C)(C)NCCCNc1c(-c2ccc(OC(F)F)cc2)cnc2cc(Cl)ccc12. The van der Waals surface area contributed by atoms with Gasteiger partial charge in [-0.15, -0.1) is 0 Å². The van der Waals surface area contributed by atoms with E-state index in [9.17, 15) is 8.78 Å². The molecule has 0 atom stereocenters. The lowest BCUT2D eigenvalue weighted by Crippen LogP contribution is -2.36. The molecule has 0 aliphatic rings. The maximum absolute atomic E-state index is 12.4. The fraction of sp³-hybridized carbons (Fsp3) is 0.348. The van der Waals surface area contributed by atoms with E-state index in [-0.39, 0.29) is 11.3 Å². The number of anilines is 1. The molecule has 160 valence electrons. The molecule has 0 amide bonds. The molecule has 1 heterocycles. The van der Waals surface area contributed by atoms with Crippen LogP contribution in [0.15, 0.2) is 48.7 Å². The van der Waals surface area contributed by atoms with Crippen molar-refractivity contribution in [2.75, 3.05) is 18.4 Å². The van der Waals surface area contributed by atoms with Crippen molar-refractivity contribution in [3.05, 3.63) is 53.7 Å². The summed E-state index contributed by atoms with van der Waals surface area (Å²) in [6.07, 6.45) is 2.71. The molecule has 0 spiro atoms. The molecule has 30 heavy (non-hydrogen) atoms. The van der Waals surface area contributed by atoms with E-state index in [0.717, 1.165) is 47.2 Å². The average molecular weight is 434 g/mol. The third-order valence-electron chi connectivity index (χ3n) is 4.53. The molecule has 0 aliphatic heterocycles. The Kier molecular flexibility index (Phi) is 7.10. The lowest BCUT2D eigenvalue weighted by atomic mass is 10.0. The summed E-state index contributed by atoms with van der Waals surface area (Å²) in [5, 5.41) is 8.58. The van der Waals surface area contributed by atoms with Gasteiger partial charge in [-0.2, -0.15) is 8.78 Å². The van der Waals surface area contributed by atoms with E-state index in [1.807, 2.05) is 18.2 Å². The largest absolute Gasteiger partial charge is 0.435 e.